The fraction of sp³-hybridized carbons (Fsp3) is 0.471. The van der Waals surface area contributed by atoms with Crippen LogP contribution in [0.25, 0.3) is 5.69 Å². The molecule has 1 heterocycles. The SMILES string of the molecule is CCNC1CC(C)(C)Cc2c1cnn2-c1ccc(F)cc1. The molecule has 0 radical (unpaired) electrons. The van der Waals surface area contributed by atoms with Gasteiger partial charge in [-0.05, 0) is 49.1 Å². The lowest BCUT2D eigenvalue weighted by molar-refractivity contribution is 0.255. The van der Waals surface area contributed by atoms with Gasteiger partial charge in [0, 0.05) is 17.3 Å². The van der Waals surface area contributed by atoms with E-state index in [2.05, 4.69) is 31.2 Å². The summed E-state index contributed by atoms with van der Waals surface area (Å²) in [6.07, 6.45) is 4.06. The molecule has 1 aromatic heterocycles. The molecule has 1 aliphatic rings. The van der Waals surface area contributed by atoms with E-state index >= 15 is 0 Å². The zero-order chi connectivity index (χ0) is 15.0. The van der Waals surface area contributed by atoms with Crippen LogP contribution in [0, 0.1) is 11.2 Å². The fourth-order valence-corrected chi connectivity index (χ4v) is 3.28. The van der Waals surface area contributed by atoms with Crippen molar-refractivity contribution in [1.82, 2.24) is 15.1 Å². The molecule has 2 aromatic rings. The number of hydrogen-bond donors (Lipinski definition) is 1. The van der Waals surface area contributed by atoms with E-state index in [1.54, 1.807) is 12.1 Å². The van der Waals surface area contributed by atoms with Crippen LogP contribution >= 0.6 is 0 Å². The number of benzene rings is 1. The molecule has 1 N–H and O–H groups in total. The minimum absolute atomic E-state index is 0.217. The number of hydrogen-bond acceptors (Lipinski definition) is 2. The Balaban J connectivity index is 2.04. The largest absolute Gasteiger partial charge is 0.310 e. The van der Waals surface area contributed by atoms with Gasteiger partial charge in [0.05, 0.1) is 11.9 Å². The van der Waals surface area contributed by atoms with Crippen LogP contribution in [-0.4, -0.2) is 16.3 Å². The summed E-state index contributed by atoms with van der Waals surface area (Å²) < 4.78 is 15.1. The molecule has 1 aliphatic carbocycles. The van der Waals surface area contributed by atoms with E-state index in [0.717, 1.165) is 25.1 Å². The molecule has 0 amide bonds. The van der Waals surface area contributed by atoms with E-state index in [9.17, 15) is 4.39 Å². The first-order chi connectivity index (χ1) is 10.00. The third-order valence-electron chi connectivity index (χ3n) is 4.20. The molecule has 0 spiro atoms. The molecule has 0 saturated carbocycles. The van der Waals surface area contributed by atoms with E-state index in [0.29, 0.717) is 6.04 Å². The Hall–Kier alpha value is -1.68. The quantitative estimate of drug-likeness (QED) is 0.934. The van der Waals surface area contributed by atoms with Crippen LogP contribution in [0.4, 0.5) is 4.39 Å². The second-order valence-electron chi connectivity index (χ2n) is 6.59. The van der Waals surface area contributed by atoms with E-state index in [4.69, 9.17) is 0 Å². The third kappa shape index (κ3) is 2.72. The lowest BCUT2D eigenvalue weighted by Crippen LogP contribution is -2.33. The number of halogens is 1. The van der Waals surface area contributed by atoms with E-state index < -0.39 is 0 Å². The Morgan fingerprint density at radius 3 is 2.71 bits per heavy atom. The highest BCUT2D eigenvalue weighted by molar-refractivity contribution is 5.38. The lowest BCUT2D eigenvalue weighted by Gasteiger charge is -2.36. The monoisotopic (exact) mass is 287 g/mol. The summed E-state index contributed by atoms with van der Waals surface area (Å²) in [5, 5.41) is 8.11. The van der Waals surface area contributed by atoms with Gasteiger partial charge in [0.2, 0.25) is 0 Å². The van der Waals surface area contributed by atoms with Crippen molar-refractivity contribution >= 4 is 0 Å². The molecule has 21 heavy (non-hydrogen) atoms. The van der Waals surface area contributed by atoms with Crippen LogP contribution in [0.5, 0.6) is 0 Å². The molecule has 0 bridgehead atoms. The Labute approximate surface area is 125 Å². The molecule has 1 aromatic carbocycles. The minimum atomic E-state index is -0.217. The summed E-state index contributed by atoms with van der Waals surface area (Å²) in [5.74, 6) is -0.217. The molecule has 4 heteroatoms. The average molecular weight is 287 g/mol. The predicted molar refractivity (Wildman–Crippen MR) is 82.0 cm³/mol. The third-order valence-corrected chi connectivity index (χ3v) is 4.20. The summed E-state index contributed by atoms with van der Waals surface area (Å²) in [7, 11) is 0. The topological polar surface area (TPSA) is 29.9 Å². The summed E-state index contributed by atoms with van der Waals surface area (Å²) in [4.78, 5) is 0. The van der Waals surface area contributed by atoms with Crippen LogP contribution in [0.2, 0.25) is 0 Å². The highest BCUT2D eigenvalue weighted by atomic mass is 19.1. The second kappa shape index (κ2) is 5.26. The molecule has 0 fully saturated rings. The summed E-state index contributed by atoms with van der Waals surface area (Å²) >= 11 is 0. The smallest absolute Gasteiger partial charge is 0.123 e. The van der Waals surface area contributed by atoms with Crippen molar-refractivity contribution in [3.63, 3.8) is 0 Å². The molecule has 0 saturated heterocycles. The average Bonchev–Trinajstić information content (AvgIpc) is 2.82. The van der Waals surface area contributed by atoms with Crippen molar-refractivity contribution in [3.05, 3.63) is 47.5 Å². The predicted octanol–water partition coefficient (Wildman–Crippen LogP) is 3.63. The van der Waals surface area contributed by atoms with Crippen molar-refractivity contribution in [2.45, 2.75) is 39.7 Å². The van der Waals surface area contributed by atoms with Gasteiger partial charge in [-0.15, -0.1) is 0 Å². The zero-order valence-corrected chi connectivity index (χ0v) is 12.9. The first kappa shape index (κ1) is 14.3. The van der Waals surface area contributed by atoms with Gasteiger partial charge in [-0.1, -0.05) is 20.8 Å². The Morgan fingerprint density at radius 2 is 2.05 bits per heavy atom. The van der Waals surface area contributed by atoms with Gasteiger partial charge in [-0.2, -0.15) is 5.10 Å². The van der Waals surface area contributed by atoms with Gasteiger partial charge >= 0.3 is 0 Å². The van der Waals surface area contributed by atoms with Gasteiger partial charge in [-0.25, -0.2) is 9.07 Å². The van der Waals surface area contributed by atoms with Gasteiger partial charge in [0.25, 0.3) is 0 Å². The first-order valence-corrected chi connectivity index (χ1v) is 7.56. The molecule has 0 aliphatic heterocycles. The van der Waals surface area contributed by atoms with Crippen LogP contribution in [0.3, 0.4) is 0 Å². The maximum absolute atomic E-state index is 13.1. The van der Waals surface area contributed by atoms with E-state index in [1.807, 2.05) is 10.9 Å². The zero-order valence-electron chi connectivity index (χ0n) is 12.9. The van der Waals surface area contributed by atoms with E-state index in [-0.39, 0.29) is 11.2 Å². The molecular weight excluding hydrogens is 265 g/mol. The minimum Gasteiger partial charge on any atom is -0.310 e. The number of nitrogens with one attached hydrogen (secondary N) is 1. The molecular formula is C17H22FN3. The van der Waals surface area contributed by atoms with Crippen LogP contribution in [0.1, 0.15) is 44.5 Å². The number of nitrogens with zero attached hydrogens (tertiary/aromatic N) is 2. The molecule has 1 unspecified atom stereocenters. The van der Waals surface area contributed by atoms with Crippen molar-refractivity contribution in [2.75, 3.05) is 6.54 Å². The highest BCUT2D eigenvalue weighted by Gasteiger charge is 2.34. The van der Waals surface area contributed by atoms with Crippen LogP contribution in [0.15, 0.2) is 30.5 Å². The van der Waals surface area contributed by atoms with E-state index in [1.165, 1.54) is 23.4 Å². The Kier molecular flexibility index (Phi) is 3.57. The fourth-order valence-electron chi connectivity index (χ4n) is 3.28. The standard InChI is InChI=1S/C17H22FN3/c1-4-19-15-9-17(2,3)10-16-14(15)11-20-21(16)13-7-5-12(18)6-8-13/h5-8,11,15,19H,4,9-10H2,1-3H3. The lowest BCUT2D eigenvalue weighted by atomic mass is 9.74. The highest BCUT2D eigenvalue weighted by Crippen LogP contribution is 2.41. The van der Waals surface area contributed by atoms with Crippen molar-refractivity contribution in [1.29, 1.82) is 0 Å². The Morgan fingerprint density at radius 1 is 1.33 bits per heavy atom. The van der Waals surface area contributed by atoms with Crippen molar-refractivity contribution < 1.29 is 4.39 Å². The maximum atomic E-state index is 13.1. The Bertz CT molecular complexity index is 628. The molecule has 3 nitrogen and oxygen atoms in total. The molecule has 112 valence electrons. The van der Waals surface area contributed by atoms with Crippen molar-refractivity contribution in [3.8, 4) is 5.69 Å². The first-order valence-electron chi connectivity index (χ1n) is 7.56. The van der Waals surface area contributed by atoms with Gasteiger partial charge in [-0.3, -0.25) is 0 Å². The van der Waals surface area contributed by atoms with Gasteiger partial charge in [0.15, 0.2) is 0 Å². The molecule has 3 rings (SSSR count). The van der Waals surface area contributed by atoms with Crippen molar-refractivity contribution in [2.24, 2.45) is 5.41 Å². The normalized spacial score (nSPS) is 20.3. The second-order valence-corrected chi connectivity index (χ2v) is 6.59. The summed E-state index contributed by atoms with van der Waals surface area (Å²) in [5.41, 5.74) is 3.67. The number of fused-ring (bicyclic) bond motifs is 1. The summed E-state index contributed by atoms with van der Waals surface area (Å²) in [6, 6.07) is 6.89. The van der Waals surface area contributed by atoms with Crippen LogP contribution < -0.4 is 5.32 Å². The van der Waals surface area contributed by atoms with Gasteiger partial charge in [0.1, 0.15) is 5.82 Å². The van der Waals surface area contributed by atoms with Crippen LogP contribution in [-0.2, 0) is 6.42 Å². The summed E-state index contributed by atoms with van der Waals surface area (Å²) in [6.45, 7) is 7.66. The molecule has 1 atom stereocenters. The number of aromatic nitrogens is 2. The maximum Gasteiger partial charge on any atom is 0.123 e. The van der Waals surface area contributed by atoms with Gasteiger partial charge < -0.3 is 5.32 Å². The number of rotatable bonds is 3.